The quantitative estimate of drug-likeness (QED) is 0.839. The molecule has 0 amide bonds. The average molecular weight is 346 g/mol. The summed E-state index contributed by atoms with van der Waals surface area (Å²) in [4.78, 5) is 0. The first-order valence-corrected chi connectivity index (χ1v) is 6.66. The molecule has 0 aliphatic rings. The highest BCUT2D eigenvalue weighted by atomic mass is 79.9. The molecule has 0 radical (unpaired) electrons. The number of methoxy groups -OCH3 is 1. The zero-order chi connectivity index (χ0) is 14.0. The van der Waals surface area contributed by atoms with Gasteiger partial charge in [0.05, 0.1) is 12.1 Å². The van der Waals surface area contributed by atoms with E-state index in [0.29, 0.717) is 20.8 Å². The van der Waals surface area contributed by atoms with Crippen molar-refractivity contribution >= 4 is 27.5 Å². The number of halogens is 3. The summed E-state index contributed by atoms with van der Waals surface area (Å²) >= 11 is 9.06. The summed E-state index contributed by atoms with van der Waals surface area (Å²) in [5.74, 6) is 0.0757. The molecule has 0 saturated carbocycles. The van der Waals surface area contributed by atoms with Crippen molar-refractivity contribution in [1.82, 2.24) is 0 Å². The van der Waals surface area contributed by atoms with Gasteiger partial charge >= 0.3 is 0 Å². The van der Waals surface area contributed by atoms with E-state index in [0.717, 1.165) is 0 Å². The van der Waals surface area contributed by atoms with E-state index < -0.39 is 11.9 Å². The Kier molecular flexibility index (Phi) is 4.45. The van der Waals surface area contributed by atoms with Gasteiger partial charge in [-0.1, -0.05) is 23.7 Å². The third-order valence-electron chi connectivity index (χ3n) is 2.74. The predicted octanol–water partition coefficient (Wildman–Crippen LogP) is 4.33. The van der Waals surface area contributed by atoms with Crippen molar-refractivity contribution in [2.45, 2.75) is 6.10 Å². The molecule has 0 bridgehead atoms. The van der Waals surface area contributed by atoms with Crippen molar-refractivity contribution in [3.05, 3.63) is 62.8 Å². The second kappa shape index (κ2) is 5.90. The van der Waals surface area contributed by atoms with Crippen LogP contribution in [-0.4, -0.2) is 12.2 Å². The maximum absolute atomic E-state index is 13.9. The van der Waals surface area contributed by atoms with E-state index in [9.17, 15) is 9.50 Å². The lowest BCUT2D eigenvalue weighted by Gasteiger charge is -2.14. The third kappa shape index (κ3) is 3.08. The van der Waals surface area contributed by atoms with Crippen molar-refractivity contribution in [2.75, 3.05) is 7.11 Å². The molecule has 0 aromatic heterocycles. The predicted molar refractivity (Wildman–Crippen MR) is 76.2 cm³/mol. The summed E-state index contributed by atoms with van der Waals surface area (Å²) < 4.78 is 19.4. The molecule has 0 aliphatic carbocycles. The lowest BCUT2D eigenvalue weighted by Crippen LogP contribution is -2.03. The molecule has 19 heavy (non-hydrogen) atoms. The van der Waals surface area contributed by atoms with Crippen molar-refractivity contribution in [3.8, 4) is 5.75 Å². The van der Waals surface area contributed by atoms with Gasteiger partial charge in [0.15, 0.2) is 0 Å². The highest BCUT2D eigenvalue weighted by Crippen LogP contribution is 2.32. The van der Waals surface area contributed by atoms with Crippen LogP contribution in [-0.2, 0) is 0 Å². The van der Waals surface area contributed by atoms with Crippen LogP contribution >= 0.6 is 27.5 Å². The molecule has 0 heterocycles. The number of aliphatic hydroxyl groups is 1. The van der Waals surface area contributed by atoms with Gasteiger partial charge in [-0.25, -0.2) is 4.39 Å². The van der Waals surface area contributed by atoms with Gasteiger partial charge in [-0.05, 0) is 45.8 Å². The summed E-state index contributed by atoms with van der Waals surface area (Å²) in [6.45, 7) is 0. The lowest BCUT2D eigenvalue weighted by molar-refractivity contribution is 0.214. The van der Waals surface area contributed by atoms with Gasteiger partial charge in [0.1, 0.15) is 17.7 Å². The Morgan fingerprint density at radius 1 is 1.32 bits per heavy atom. The zero-order valence-electron chi connectivity index (χ0n) is 10.0. The second-order valence-corrected chi connectivity index (χ2v) is 5.23. The summed E-state index contributed by atoms with van der Waals surface area (Å²) in [7, 11) is 1.53. The van der Waals surface area contributed by atoms with Crippen LogP contribution in [0, 0.1) is 5.82 Å². The third-order valence-corrected chi connectivity index (χ3v) is 3.94. The summed E-state index contributed by atoms with van der Waals surface area (Å²) in [6, 6.07) is 9.48. The number of rotatable bonds is 3. The first kappa shape index (κ1) is 14.3. The smallest absolute Gasteiger partial charge is 0.130 e. The van der Waals surface area contributed by atoms with Crippen LogP contribution in [0.1, 0.15) is 17.2 Å². The van der Waals surface area contributed by atoms with Crippen LogP contribution in [0.5, 0.6) is 5.75 Å². The van der Waals surface area contributed by atoms with E-state index in [1.807, 2.05) is 0 Å². The number of aliphatic hydroxyl groups excluding tert-OH is 1. The second-order valence-electron chi connectivity index (χ2n) is 3.97. The van der Waals surface area contributed by atoms with Crippen LogP contribution in [0.3, 0.4) is 0 Å². The van der Waals surface area contributed by atoms with Gasteiger partial charge < -0.3 is 9.84 Å². The molecular formula is C14H11BrClFO2. The zero-order valence-corrected chi connectivity index (χ0v) is 12.4. The standard InChI is InChI=1S/C14H11BrClFO2/c1-19-9-4-2-3-8(5-9)14(18)10-6-12(16)11(15)7-13(10)17/h2-7,14,18H,1H3. The fourth-order valence-electron chi connectivity index (χ4n) is 1.74. The molecule has 100 valence electrons. The van der Waals surface area contributed by atoms with Crippen molar-refractivity contribution < 1.29 is 14.2 Å². The van der Waals surface area contributed by atoms with Crippen molar-refractivity contribution in [2.24, 2.45) is 0 Å². The van der Waals surface area contributed by atoms with Crippen LogP contribution in [0.25, 0.3) is 0 Å². The SMILES string of the molecule is COc1cccc(C(O)c2cc(Cl)c(Br)cc2F)c1. The minimum Gasteiger partial charge on any atom is -0.497 e. The topological polar surface area (TPSA) is 29.5 Å². The van der Waals surface area contributed by atoms with Gasteiger partial charge in [0.25, 0.3) is 0 Å². The Hall–Kier alpha value is -1.10. The summed E-state index contributed by atoms with van der Waals surface area (Å²) in [6.07, 6.45) is -1.10. The average Bonchev–Trinajstić information content (AvgIpc) is 2.42. The maximum atomic E-state index is 13.9. The normalized spacial score (nSPS) is 12.3. The Balaban J connectivity index is 2.43. The van der Waals surface area contributed by atoms with E-state index in [4.69, 9.17) is 16.3 Å². The molecule has 2 rings (SSSR count). The molecule has 1 N–H and O–H groups in total. The number of ether oxygens (including phenoxy) is 1. The molecule has 0 fully saturated rings. The summed E-state index contributed by atoms with van der Waals surface area (Å²) in [5, 5.41) is 10.6. The molecule has 0 saturated heterocycles. The first-order chi connectivity index (χ1) is 9.02. The molecule has 2 aromatic carbocycles. The molecule has 2 aromatic rings. The summed E-state index contributed by atoms with van der Waals surface area (Å²) in [5.41, 5.74) is 0.665. The van der Waals surface area contributed by atoms with Crippen molar-refractivity contribution in [3.63, 3.8) is 0 Å². The monoisotopic (exact) mass is 344 g/mol. The lowest BCUT2D eigenvalue weighted by atomic mass is 10.0. The van der Waals surface area contributed by atoms with E-state index in [1.54, 1.807) is 24.3 Å². The maximum Gasteiger partial charge on any atom is 0.130 e. The minimum absolute atomic E-state index is 0.126. The van der Waals surface area contributed by atoms with Crippen LogP contribution in [0.4, 0.5) is 4.39 Å². The minimum atomic E-state index is -1.10. The van der Waals surface area contributed by atoms with E-state index in [-0.39, 0.29) is 5.56 Å². The molecule has 0 aliphatic heterocycles. The van der Waals surface area contributed by atoms with Gasteiger partial charge in [0.2, 0.25) is 0 Å². The first-order valence-electron chi connectivity index (χ1n) is 5.49. The Bertz CT molecular complexity index is 604. The Morgan fingerprint density at radius 3 is 2.74 bits per heavy atom. The van der Waals surface area contributed by atoms with Gasteiger partial charge in [0, 0.05) is 10.0 Å². The molecule has 1 atom stereocenters. The van der Waals surface area contributed by atoms with Crippen LogP contribution in [0.2, 0.25) is 5.02 Å². The Labute approximate surface area is 123 Å². The fourth-order valence-corrected chi connectivity index (χ4v) is 2.23. The van der Waals surface area contributed by atoms with E-state index >= 15 is 0 Å². The Morgan fingerprint density at radius 2 is 2.05 bits per heavy atom. The fraction of sp³-hybridized carbons (Fsp3) is 0.143. The highest BCUT2D eigenvalue weighted by Gasteiger charge is 2.17. The van der Waals surface area contributed by atoms with E-state index in [2.05, 4.69) is 15.9 Å². The number of hydrogen-bond acceptors (Lipinski definition) is 2. The molecule has 2 nitrogen and oxygen atoms in total. The van der Waals surface area contributed by atoms with E-state index in [1.165, 1.54) is 19.2 Å². The largest absolute Gasteiger partial charge is 0.497 e. The highest BCUT2D eigenvalue weighted by molar-refractivity contribution is 9.10. The molecule has 5 heteroatoms. The van der Waals surface area contributed by atoms with Crippen LogP contribution < -0.4 is 4.74 Å². The molecule has 0 spiro atoms. The van der Waals surface area contributed by atoms with Gasteiger partial charge in [-0.2, -0.15) is 0 Å². The van der Waals surface area contributed by atoms with Crippen LogP contribution in [0.15, 0.2) is 40.9 Å². The molecular weight excluding hydrogens is 335 g/mol. The van der Waals surface area contributed by atoms with Crippen molar-refractivity contribution in [1.29, 1.82) is 0 Å². The number of benzene rings is 2. The molecule has 1 unspecified atom stereocenters. The number of hydrogen-bond donors (Lipinski definition) is 1. The van der Waals surface area contributed by atoms with Gasteiger partial charge in [-0.3, -0.25) is 0 Å². The van der Waals surface area contributed by atoms with Gasteiger partial charge in [-0.15, -0.1) is 0 Å².